The highest BCUT2D eigenvalue weighted by atomic mass is 32.2. The third kappa shape index (κ3) is 8.96. The van der Waals surface area contributed by atoms with Crippen LogP contribution in [-0.4, -0.2) is 24.1 Å². The first kappa shape index (κ1) is 22.3. The van der Waals surface area contributed by atoms with Crippen LogP contribution in [0, 0.1) is 10.8 Å². The van der Waals surface area contributed by atoms with Crippen molar-refractivity contribution in [3.05, 3.63) is 35.4 Å². The first-order valence-corrected chi connectivity index (χ1v) is 11.3. The van der Waals surface area contributed by atoms with Crippen LogP contribution < -0.4 is 0 Å². The molecule has 140 valence electrons. The topological polar surface area (TPSA) is 34.1 Å². The van der Waals surface area contributed by atoms with Crippen molar-refractivity contribution >= 4 is 36.1 Å². The van der Waals surface area contributed by atoms with Crippen LogP contribution in [0.15, 0.2) is 24.3 Å². The van der Waals surface area contributed by atoms with Crippen LogP contribution in [0.1, 0.15) is 58.1 Å². The summed E-state index contributed by atoms with van der Waals surface area (Å²) >= 11 is 3.79. The molecule has 0 aliphatic rings. The van der Waals surface area contributed by atoms with E-state index < -0.39 is 0 Å². The highest BCUT2D eigenvalue weighted by Gasteiger charge is 2.20. The van der Waals surface area contributed by atoms with Gasteiger partial charge in [0.05, 0.1) is 0 Å². The minimum Gasteiger partial charge on any atom is -0.303 e. The summed E-state index contributed by atoms with van der Waals surface area (Å²) in [7, 11) is 0. The Labute approximate surface area is 161 Å². The van der Waals surface area contributed by atoms with E-state index in [4.69, 9.17) is 0 Å². The van der Waals surface area contributed by atoms with Crippen LogP contribution in [0.3, 0.4) is 0 Å². The fraction of sp³-hybridized carbons (Fsp3) is 0.619. The van der Waals surface area contributed by atoms with Crippen molar-refractivity contribution in [1.82, 2.24) is 0 Å². The number of hydrogen-bond acceptors (Lipinski definition) is 4. The lowest BCUT2D eigenvalue weighted by atomic mass is 9.87. The molecule has 1 rings (SSSR count). The van der Waals surface area contributed by atoms with Crippen LogP contribution in [0.2, 0.25) is 0 Å². The number of carbonyl (C=O) groups excluding carboxylic acids is 2. The van der Waals surface area contributed by atoms with Gasteiger partial charge in [-0.1, -0.05) is 52.0 Å². The fourth-order valence-corrected chi connectivity index (χ4v) is 4.56. The number of benzene rings is 1. The summed E-state index contributed by atoms with van der Waals surface area (Å²) in [6, 6.07) is 8.82. The van der Waals surface area contributed by atoms with Crippen LogP contribution >= 0.6 is 23.5 Å². The average Bonchev–Trinajstić information content (AvgIpc) is 2.63. The van der Waals surface area contributed by atoms with Crippen LogP contribution in [0.4, 0.5) is 0 Å². The Balaban J connectivity index is 2.27. The van der Waals surface area contributed by atoms with E-state index >= 15 is 0 Å². The Bertz CT molecular complexity index is 525. The zero-order valence-corrected chi connectivity index (χ0v) is 17.7. The molecule has 0 heterocycles. The first-order chi connectivity index (χ1) is 11.8. The highest BCUT2D eigenvalue weighted by Crippen LogP contribution is 2.26. The van der Waals surface area contributed by atoms with Crippen molar-refractivity contribution in [2.75, 3.05) is 11.5 Å². The quantitative estimate of drug-likeness (QED) is 0.321. The first-order valence-electron chi connectivity index (χ1n) is 9.00. The Morgan fingerprint density at radius 2 is 1.32 bits per heavy atom. The van der Waals surface area contributed by atoms with Crippen molar-refractivity contribution in [2.24, 2.45) is 10.8 Å². The summed E-state index contributed by atoms with van der Waals surface area (Å²) in [5.41, 5.74) is 2.31. The molecule has 0 bridgehead atoms. The van der Waals surface area contributed by atoms with E-state index in [9.17, 15) is 9.59 Å². The lowest BCUT2D eigenvalue weighted by Crippen LogP contribution is -2.17. The van der Waals surface area contributed by atoms with Gasteiger partial charge in [0.15, 0.2) is 0 Å². The van der Waals surface area contributed by atoms with E-state index in [0.717, 1.165) is 54.8 Å². The molecule has 1 unspecified atom stereocenters. The standard InChI is InChI=1S/C21H32O2S2/c1-5-21(4,17-23)11-13-25-15-19-8-6-18(7-9-19)14-24-12-10-20(2,3)16-22/h6-9,16-17H,5,10-15H2,1-4H3. The predicted molar refractivity (Wildman–Crippen MR) is 112 cm³/mol. The van der Waals surface area contributed by atoms with Gasteiger partial charge in [0, 0.05) is 22.3 Å². The molecule has 1 aromatic rings. The van der Waals surface area contributed by atoms with Gasteiger partial charge in [-0.2, -0.15) is 23.5 Å². The van der Waals surface area contributed by atoms with E-state index in [0.29, 0.717) is 0 Å². The Hall–Kier alpha value is -0.740. The summed E-state index contributed by atoms with van der Waals surface area (Å²) in [6.07, 6.45) is 4.94. The summed E-state index contributed by atoms with van der Waals surface area (Å²) in [5.74, 6) is 4.03. The third-order valence-corrected chi connectivity index (χ3v) is 6.74. The number of carbonyl (C=O) groups is 2. The summed E-state index contributed by atoms with van der Waals surface area (Å²) in [6.45, 7) is 8.11. The third-order valence-electron chi connectivity index (χ3n) is 4.68. The summed E-state index contributed by atoms with van der Waals surface area (Å²) < 4.78 is 0. The van der Waals surface area contributed by atoms with Gasteiger partial charge in [0.1, 0.15) is 12.6 Å². The zero-order valence-electron chi connectivity index (χ0n) is 16.0. The Morgan fingerprint density at radius 3 is 1.72 bits per heavy atom. The van der Waals surface area contributed by atoms with Crippen molar-refractivity contribution in [3.8, 4) is 0 Å². The van der Waals surface area contributed by atoms with Gasteiger partial charge < -0.3 is 9.59 Å². The number of aldehydes is 2. The molecule has 0 fully saturated rings. The van der Waals surface area contributed by atoms with Crippen molar-refractivity contribution in [2.45, 2.75) is 58.5 Å². The van der Waals surface area contributed by atoms with E-state index in [1.807, 2.05) is 44.3 Å². The second kappa shape index (κ2) is 11.1. The van der Waals surface area contributed by atoms with E-state index in [1.54, 1.807) is 0 Å². The largest absolute Gasteiger partial charge is 0.303 e. The number of hydrogen-bond donors (Lipinski definition) is 0. The summed E-state index contributed by atoms with van der Waals surface area (Å²) in [5, 5.41) is 0. The predicted octanol–water partition coefficient (Wildman–Crippen LogP) is 5.77. The molecule has 0 aliphatic carbocycles. The maximum Gasteiger partial charge on any atom is 0.125 e. The molecule has 0 spiro atoms. The fourth-order valence-electron chi connectivity index (χ4n) is 2.13. The maximum absolute atomic E-state index is 11.1. The molecule has 0 amide bonds. The van der Waals surface area contributed by atoms with Gasteiger partial charge in [0.25, 0.3) is 0 Å². The molecule has 4 heteroatoms. The van der Waals surface area contributed by atoms with Gasteiger partial charge in [-0.3, -0.25) is 0 Å². The molecule has 0 aromatic heterocycles. The van der Waals surface area contributed by atoms with E-state index in [2.05, 4.69) is 31.2 Å². The molecule has 0 N–H and O–H groups in total. The SMILES string of the molecule is CCC(C)(C=O)CCSCc1ccc(CSCCC(C)(C)C=O)cc1. The van der Waals surface area contributed by atoms with Gasteiger partial charge in [-0.15, -0.1) is 0 Å². The second-order valence-corrected chi connectivity index (χ2v) is 9.86. The minimum atomic E-state index is -0.203. The number of rotatable bonds is 13. The molecule has 25 heavy (non-hydrogen) atoms. The van der Waals surface area contributed by atoms with Gasteiger partial charge in [-0.05, 0) is 41.9 Å². The Kier molecular flexibility index (Phi) is 9.88. The van der Waals surface area contributed by atoms with Crippen molar-refractivity contribution < 1.29 is 9.59 Å². The monoisotopic (exact) mass is 380 g/mol. The molecule has 0 saturated carbocycles. The highest BCUT2D eigenvalue weighted by molar-refractivity contribution is 7.98. The zero-order chi connectivity index (χ0) is 18.8. The summed E-state index contributed by atoms with van der Waals surface area (Å²) in [4.78, 5) is 22.0. The second-order valence-electron chi connectivity index (χ2n) is 7.65. The van der Waals surface area contributed by atoms with E-state index in [-0.39, 0.29) is 10.8 Å². The van der Waals surface area contributed by atoms with Crippen LogP contribution in [0.5, 0.6) is 0 Å². The molecular weight excluding hydrogens is 348 g/mol. The minimum absolute atomic E-state index is 0.160. The van der Waals surface area contributed by atoms with Gasteiger partial charge >= 0.3 is 0 Å². The smallest absolute Gasteiger partial charge is 0.125 e. The Morgan fingerprint density at radius 1 is 0.840 bits per heavy atom. The van der Waals surface area contributed by atoms with Gasteiger partial charge in [0.2, 0.25) is 0 Å². The molecular formula is C21H32O2S2. The lowest BCUT2D eigenvalue weighted by molar-refractivity contribution is -0.116. The lowest BCUT2D eigenvalue weighted by Gasteiger charge is -2.20. The normalized spacial score (nSPS) is 14.1. The van der Waals surface area contributed by atoms with Crippen molar-refractivity contribution in [1.29, 1.82) is 0 Å². The van der Waals surface area contributed by atoms with Gasteiger partial charge in [-0.25, -0.2) is 0 Å². The molecule has 1 aromatic carbocycles. The molecule has 0 saturated heterocycles. The van der Waals surface area contributed by atoms with Crippen LogP contribution in [-0.2, 0) is 21.1 Å². The average molecular weight is 381 g/mol. The maximum atomic E-state index is 11.1. The molecule has 0 aliphatic heterocycles. The molecule has 2 nitrogen and oxygen atoms in total. The number of thioether (sulfide) groups is 2. The molecule has 1 atom stereocenters. The molecule has 0 radical (unpaired) electrons. The van der Waals surface area contributed by atoms with Crippen LogP contribution in [0.25, 0.3) is 0 Å². The van der Waals surface area contributed by atoms with Crippen molar-refractivity contribution in [3.63, 3.8) is 0 Å². The van der Waals surface area contributed by atoms with E-state index in [1.165, 1.54) is 11.1 Å².